The maximum Gasteiger partial charge on any atom is 0.0449 e. The van der Waals surface area contributed by atoms with Gasteiger partial charge in [-0.1, -0.05) is 31.2 Å². The van der Waals surface area contributed by atoms with Crippen LogP contribution in [0.1, 0.15) is 30.5 Å². The Bertz CT molecular complexity index is 309. The highest BCUT2D eigenvalue weighted by molar-refractivity contribution is 5.33. The van der Waals surface area contributed by atoms with E-state index in [0.29, 0.717) is 18.6 Å². The van der Waals surface area contributed by atoms with Crippen molar-refractivity contribution in [2.45, 2.75) is 31.8 Å². The molecule has 14 heavy (non-hydrogen) atoms. The van der Waals surface area contributed by atoms with Crippen LogP contribution in [0.15, 0.2) is 24.3 Å². The summed E-state index contributed by atoms with van der Waals surface area (Å²) in [4.78, 5) is 0. The second-order valence-corrected chi connectivity index (χ2v) is 3.96. The lowest BCUT2D eigenvalue weighted by atomic mass is 9.89. The molecule has 0 fully saturated rings. The van der Waals surface area contributed by atoms with Crippen molar-refractivity contribution in [3.05, 3.63) is 35.4 Å². The van der Waals surface area contributed by atoms with Crippen LogP contribution >= 0.6 is 0 Å². The van der Waals surface area contributed by atoms with Crippen LogP contribution in [0.5, 0.6) is 0 Å². The third kappa shape index (κ3) is 1.68. The standard InChI is InChI=1S/C12H18N2/c1-2-10-7-9-5-3-4-6-11(9)12(8-13)14-10/h3-6,10,12,14H,2,7-8,13H2,1H3. The molecule has 1 aromatic rings. The van der Waals surface area contributed by atoms with Gasteiger partial charge >= 0.3 is 0 Å². The van der Waals surface area contributed by atoms with Crippen LogP contribution in [0.25, 0.3) is 0 Å². The summed E-state index contributed by atoms with van der Waals surface area (Å²) >= 11 is 0. The maximum atomic E-state index is 5.77. The summed E-state index contributed by atoms with van der Waals surface area (Å²) in [5.74, 6) is 0. The van der Waals surface area contributed by atoms with E-state index in [4.69, 9.17) is 5.73 Å². The molecule has 1 aromatic carbocycles. The van der Waals surface area contributed by atoms with Crippen LogP contribution in [0.3, 0.4) is 0 Å². The summed E-state index contributed by atoms with van der Waals surface area (Å²) in [6.07, 6.45) is 2.31. The minimum atomic E-state index is 0.352. The molecular formula is C12H18N2. The molecule has 0 aliphatic carbocycles. The molecule has 1 heterocycles. The van der Waals surface area contributed by atoms with Crippen molar-refractivity contribution in [3.63, 3.8) is 0 Å². The van der Waals surface area contributed by atoms with E-state index in [-0.39, 0.29) is 0 Å². The average molecular weight is 190 g/mol. The third-order valence-electron chi connectivity index (χ3n) is 3.06. The predicted molar refractivity (Wildman–Crippen MR) is 59.2 cm³/mol. The van der Waals surface area contributed by atoms with Crippen molar-refractivity contribution in [1.82, 2.24) is 5.32 Å². The molecule has 0 bridgehead atoms. The van der Waals surface area contributed by atoms with E-state index in [2.05, 4.69) is 36.5 Å². The zero-order valence-corrected chi connectivity index (χ0v) is 8.66. The first-order chi connectivity index (χ1) is 6.85. The zero-order chi connectivity index (χ0) is 9.97. The maximum absolute atomic E-state index is 5.77. The van der Waals surface area contributed by atoms with Gasteiger partial charge in [-0.05, 0) is 24.0 Å². The van der Waals surface area contributed by atoms with E-state index in [0.717, 1.165) is 6.42 Å². The van der Waals surface area contributed by atoms with Crippen LogP contribution < -0.4 is 11.1 Å². The van der Waals surface area contributed by atoms with Crippen molar-refractivity contribution in [1.29, 1.82) is 0 Å². The number of fused-ring (bicyclic) bond motifs is 1. The van der Waals surface area contributed by atoms with Gasteiger partial charge < -0.3 is 11.1 Å². The first-order valence-corrected chi connectivity index (χ1v) is 5.39. The fourth-order valence-electron chi connectivity index (χ4n) is 2.22. The minimum Gasteiger partial charge on any atom is -0.329 e. The van der Waals surface area contributed by atoms with E-state index in [1.165, 1.54) is 17.5 Å². The summed E-state index contributed by atoms with van der Waals surface area (Å²) in [6, 6.07) is 9.57. The highest BCUT2D eigenvalue weighted by Crippen LogP contribution is 2.25. The molecule has 2 heteroatoms. The Labute approximate surface area is 85.5 Å². The summed E-state index contributed by atoms with van der Waals surface area (Å²) in [6.45, 7) is 2.91. The number of rotatable bonds is 2. The van der Waals surface area contributed by atoms with Crippen molar-refractivity contribution in [3.8, 4) is 0 Å². The molecule has 0 spiro atoms. The molecule has 1 aliphatic rings. The van der Waals surface area contributed by atoms with E-state index in [1.807, 2.05) is 0 Å². The summed E-state index contributed by atoms with van der Waals surface area (Å²) in [5.41, 5.74) is 8.63. The van der Waals surface area contributed by atoms with Gasteiger partial charge in [0.1, 0.15) is 0 Å². The third-order valence-corrected chi connectivity index (χ3v) is 3.06. The Morgan fingerprint density at radius 3 is 2.93 bits per heavy atom. The second-order valence-electron chi connectivity index (χ2n) is 3.96. The Morgan fingerprint density at radius 2 is 2.21 bits per heavy atom. The molecule has 2 nitrogen and oxygen atoms in total. The SMILES string of the molecule is CCC1Cc2ccccc2C(CN)N1. The smallest absolute Gasteiger partial charge is 0.0449 e. The molecule has 0 amide bonds. The fourth-order valence-corrected chi connectivity index (χ4v) is 2.22. The van der Waals surface area contributed by atoms with Gasteiger partial charge in [-0.3, -0.25) is 0 Å². The average Bonchev–Trinajstić information content (AvgIpc) is 2.27. The minimum absolute atomic E-state index is 0.352. The van der Waals surface area contributed by atoms with Crippen LogP contribution in [0.2, 0.25) is 0 Å². The van der Waals surface area contributed by atoms with Gasteiger partial charge in [0.2, 0.25) is 0 Å². The predicted octanol–water partition coefficient (Wildman–Crippen LogP) is 1.61. The molecule has 2 unspecified atom stereocenters. The first kappa shape index (κ1) is 9.69. The van der Waals surface area contributed by atoms with Crippen LogP contribution in [0.4, 0.5) is 0 Å². The second kappa shape index (κ2) is 4.11. The Hall–Kier alpha value is -0.860. The molecule has 0 radical (unpaired) electrons. The van der Waals surface area contributed by atoms with Crippen LogP contribution in [-0.4, -0.2) is 12.6 Å². The van der Waals surface area contributed by atoms with E-state index in [1.54, 1.807) is 0 Å². The number of hydrogen-bond acceptors (Lipinski definition) is 2. The van der Waals surface area contributed by atoms with Gasteiger partial charge in [-0.15, -0.1) is 0 Å². The zero-order valence-electron chi connectivity index (χ0n) is 8.66. The van der Waals surface area contributed by atoms with Crippen LogP contribution in [-0.2, 0) is 6.42 Å². The summed E-state index contributed by atoms with van der Waals surface area (Å²) < 4.78 is 0. The van der Waals surface area contributed by atoms with Gasteiger partial charge in [-0.25, -0.2) is 0 Å². The molecule has 3 N–H and O–H groups in total. The van der Waals surface area contributed by atoms with Crippen molar-refractivity contribution in [2.75, 3.05) is 6.54 Å². The quantitative estimate of drug-likeness (QED) is 0.743. The lowest BCUT2D eigenvalue weighted by Crippen LogP contribution is -2.42. The van der Waals surface area contributed by atoms with E-state index < -0.39 is 0 Å². The molecule has 0 saturated heterocycles. The van der Waals surface area contributed by atoms with Crippen molar-refractivity contribution < 1.29 is 0 Å². The fraction of sp³-hybridized carbons (Fsp3) is 0.500. The normalized spacial score (nSPS) is 25.9. The monoisotopic (exact) mass is 190 g/mol. The lowest BCUT2D eigenvalue weighted by molar-refractivity contribution is 0.398. The van der Waals surface area contributed by atoms with Gasteiger partial charge in [0.05, 0.1) is 0 Å². The van der Waals surface area contributed by atoms with E-state index >= 15 is 0 Å². The van der Waals surface area contributed by atoms with E-state index in [9.17, 15) is 0 Å². The molecule has 2 rings (SSSR count). The van der Waals surface area contributed by atoms with Crippen molar-refractivity contribution >= 4 is 0 Å². The van der Waals surface area contributed by atoms with Gasteiger partial charge in [0.25, 0.3) is 0 Å². The Morgan fingerprint density at radius 1 is 1.43 bits per heavy atom. The van der Waals surface area contributed by atoms with Gasteiger partial charge in [-0.2, -0.15) is 0 Å². The number of benzene rings is 1. The molecule has 76 valence electrons. The van der Waals surface area contributed by atoms with Gasteiger partial charge in [0, 0.05) is 18.6 Å². The molecule has 1 aliphatic heterocycles. The lowest BCUT2D eigenvalue weighted by Gasteiger charge is -2.32. The Kier molecular flexibility index (Phi) is 2.85. The topological polar surface area (TPSA) is 38.0 Å². The molecule has 0 aromatic heterocycles. The molecular weight excluding hydrogens is 172 g/mol. The van der Waals surface area contributed by atoms with Crippen molar-refractivity contribution in [2.24, 2.45) is 5.73 Å². The Balaban J connectivity index is 2.31. The highest BCUT2D eigenvalue weighted by atomic mass is 15.0. The number of nitrogens with one attached hydrogen (secondary N) is 1. The summed E-state index contributed by atoms with van der Waals surface area (Å²) in [7, 11) is 0. The van der Waals surface area contributed by atoms with Gasteiger partial charge in [0.15, 0.2) is 0 Å². The number of hydrogen-bond donors (Lipinski definition) is 2. The van der Waals surface area contributed by atoms with Crippen LogP contribution in [0, 0.1) is 0 Å². The summed E-state index contributed by atoms with van der Waals surface area (Å²) in [5, 5.41) is 3.58. The highest BCUT2D eigenvalue weighted by Gasteiger charge is 2.23. The first-order valence-electron chi connectivity index (χ1n) is 5.39. The largest absolute Gasteiger partial charge is 0.329 e. The molecule has 0 saturated carbocycles. The number of nitrogens with two attached hydrogens (primary N) is 1. The molecule has 2 atom stereocenters.